The first-order valence-electron chi connectivity index (χ1n) is 9.77. The van der Waals surface area contributed by atoms with E-state index in [0.29, 0.717) is 5.82 Å². The Bertz CT molecular complexity index is 1250. The molecule has 1 unspecified atom stereocenters. The summed E-state index contributed by atoms with van der Waals surface area (Å²) in [5.74, 6) is -0.305. The second-order valence-corrected chi connectivity index (χ2v) is 9.13. The first-order valence-corrected chi connectivity index (χ1v) is 11.7. The second-order valence-electron chi connectivity index (χ2n) is 7.22. The average molecular weight is 450 g/mol. The summed E-state index contributed by atoms with van der Waals surface area (Å²) in [5.41, 5.74) is 2.59. The van der Waals surface area contributed by atoms with Crippen molar-refractivity contribution in [3.05, 3.63) is 108 Å². The van der Waals surface area contributed by atoms with Crippen LogP contribution in [0.15, 0.2) is 90.7 Å². The SMILES string of the molecule is CS(=O)(=O)c1nccc(NC(c2ccc(F)cc2)C(c2cccnc2)c2cccnc2)n1. The number of halogens is 1. The van der Waals surface area contributed by atoms with Gasteiger partial charge in [-0.1, -0.05) is 24.3 Å². The minimum absolute atomic E-state index is 0.278. The first kappa shape index (κ1) is 21.5. The van der Waals surface area contributed by atoms with Crippen LogP contribution in [0, 0.1) is 5.82 Å². The van der Waals surface area contributed by atoms with Gasteiger partial charge in [0.15, 0.2) is 0 Å². The molecule has 4 aromatic rings. The van der Waals surface area contributed by atoms with Crippen LogP contribution in [-0.2, 0) is 9.84 Å². The number of rotatable bonds is 7. The molecule has 4 rings (SSSR count). The maximum Gasteiger partial charge on any atom is 0.248 e. The lowest BCUT2D eigenvalue weighted by Crippen LogP contribution is -2.22. The molecule has 0 aliphatic rings. The molecular formula is C23H20FN5O2S. The number of hydrogen-bond donors (Lipinski definition) is 1. The standard InChI is InChI=1S/C23H20FN5O2S/c1-32(30,31)23-27-13-10-20(29-23)28-22(16-6-8-19(24)9-7-16)21(17-4-2-11-25-14-17)18-5-3-12-26-15-18/h2-15,21-22H,1H3,(H,27,28,29). The quantitative estimate of drug-likeness (QED) is 0.429. The van der Waals surface area contributed by atoms with Crippen LogP contribution in [-0.4, -0.2) is 34.6 Å². The molecule has 0 radical (unpaired) electrons. The number of nitrogens with one attached hydrogen (secondary N) is 1. The van der Waals surface area contributed by atoms with Crippen LogP contribution in [0.1, 0.15) is 28.7 Å². The maximum atomic E-state index is 13.7. The zero-order valence-electron chi connectivity index (χ0n) is 17.1. The molecule has 0 bridgehead atoms. The fourth-order valence-corrected chi connectivity index (χ4v) is 4.00. The zero-order valence-corrected chi connectivity index (χ0v) is 17.9. The normalized spacial score (nSPS) is 12.5. The number of sulfone groups is 1. The molecule has 0 aliphatic heterocycles. The summed E-state index contributed by atoms with van der Waals surface area (Å²) in [6.07, 6.45) is 9.34. The van der Waals surface area contributed by atoms with Gasteiger partial charge >= 0.3 is 0 Å². The Labute approximate surface area is 185 Å². The van der Waals surface area contributed by atoms with Crippen molar-refractivity contribution in [3.63, 3.8) is 0 Å². The molecule has 0 saturated carbocycles. The summed E-state index contributed by atoms with van der Waals surface area (Å²) in [4.78, 5) is 16.6. The van der Waals surface area contributed by atoms with Crippen molar-refractivity contribution in [2.24, 2.45) is 0 Å². The van der Waals surface area contributed by atoms with Gasteiger partial charge in [0.05, 0.1) is 6.04 Å². The number of nitrogens with zero attached hydrogens (tertiary/aromatic N) is 4. The van der Waals surface area contributed by atoms with Crippen LogP contribution in [0.4, 0.5) is 10.2 Å². The van der Waals surface area contributed by atoms with E-state index in [1.807, 2.05) is 24.3 Å². The summed E-state index contributed by atoms with van der Waals surface area (Å²) in [6.45, 7) is 0. The Kier molecular flexibility index (Phi) is 6.18. The van der Waals surface area contributed by atoms with Crippen molar-refractivity contribution in [2.45, 2.75) is 17.1 Å². The van der Waals surface area contributed by atoms with E-state index in [-0.39, 0.29) is 16.9 Å². The van der Waals surface area contributed by atoms with Gasteiger partial charge < -0.3 is 5.32 Å². The van der Waals surface area contributed by atoms with E-state index in [2.05, 4.69) is 25.3 Å². The molecule has 0 spiro atoms. The molecule has 9 heteroatoms. The van der Waals surface area contributed by atoms with Gasteiger partial charge in [0.2, 0.25) is 15.0 Å². The summed E-state index contributed by atoms with van der Waals surface area (Å²) >= 11 is 0. The van der Waals surface area contributed by atoms with Gasteiger partial charge in [-0.2, -0.15) is 0 Å². The van der Waals surface area contributed by atoms with Gasteiger partial charge in [-0.15, -0.1) is 0 Å². The lowest BCUT2D eigenvalue weighted by Gasteiger charge is -2.29. The number of hydrogen-bond acceptors (Lipinski definition) is 7. The Morgan fingerprint density at radius 1 is 0.844 bits per heavy atom. The van der Waals surface area contributed by atoms with Crippen molar-refractivity contribution in [2.75, 3.05) is 11.6 Å². The van der Waals surface area contributed by atoms with Crippen LogP contribution in [0.2, 0.25) is 0 Å². The molecule has 32 heavy (non-hydrogen) atoms. The number of pyridine rings is 2. The highest BCUT2D eigenvalue weighted by atomic mass is 32.2. The molecule has 1 N–H and O–H groups in total. The first-order chi connectivity index (χ1) is 15.4. The summed E-state index contributed by atoms with van der Waals surface area (Å²) in [7, 11) is -3.59. The lowest BCUT2D eigenvalue weighted by molar-refractivity contribution is 0.592. The number of aromatic nitrogens is 4. The third-order valence-electron chi connectivity index (χ3n) is 4.92. The number of anilines is 1. The Morgan fingerprint density at radius 3 is 2.00 bits per heavy atom. The smallest absolute Gasteiger partial charge is 0.248 e. The van der Waals surface area contributed by atoms with E-state index in [9.17, 15) is 12.8 Å². The predicted molar refractivity (Wildman–Crippen MR) is 118 cm³/mol. The van der Waals surface area contributed by atoms with Gasteiger partial charge in [0.1, 0.15) is 11.6 Å². The van der Waals surface area contributed by atoms with Crippen molar-refractivity contribution in [1.29, 1.82) is 0 Å². The van der Waals surface area contributed by atoms with Crippen LogP contribution >= 0.6 is 0 Å². The van der Waals surface area contributed by atoms with E-state index < -0.39 is 15.9 Å². The van der Waals surface area contributed by atoms with Gasteiger partial charge in [0, 0.05) is 43.2 Å². The fraction of sp³-hybridized carbons (Fsp3) is 0.130. The van der Waals surface area contributed by atoms with E-state index in [0.717, 1.165) is 22.9 Å². The summed E-state index contributed by atoms with van der Waals surface area (Å²) < 4.78 is 37.6. The van der Waals surface area contributed by atoms with E-state index in [1.54, 1.807) is 43.0 Å². The fourth-order valence-electron chi connectivity index (χ4n) is 3.49. The van der Waals surface area contributed by atoms with Crippen LogP contribution < -0.4 is 5.32 Å². The van der Waals surface area contributed by atoms with Crippen molar-refractivity contribution in [1.82, 2.24) is 19.9 Å². The molecule has 0 saturated heterocycles. The maximum absolute atomic E-state index is 13.7. The van der Waals surface area contributed by atoms with E-state index >= 15 is 0 Å². The molecular weight excluding hydrogens is 429 g/mol. The third kappa shape index (κ3) is 4.94. The van der Waals surface area contributed by atoms with Gasteiger partial charge in [0.25, 0.3) is 0 Å². The van der Waals surface area contributed by atoms with Crippen molar-refractivity contribution >= 4 is 15.7 Å². The summed E-state index contributed by atoms with van der Waals surface area (Å²) in [5, 5.41) is 3.05. The van der Waals surface area contributed by atoms with Gasteiger partial charge in [-0.3, -0.25) is 9.97 Å². The van der Waals surface area contributed by atoms with Crippen molar-refractivity contribution < 1.29 is 12.8 Å². The van der Waals surface area contributed by atoms with Crippen LogP contribution in [0.3, 0.4) is 0 Å². The predicted octanol–water partition coefficient (Wildman–Crippen LogP) is 3.79. The highest BCUT2D eigenvalue weighted by Gasteiger charge is 2.28. The Morgan fingerprint density at radius 2 is 1.47 bits per heavy atom. The third-order valence-corrected chi connectivity index (χ3v) is 5.78. The minimum Gasteiger partial charge on any atom is -0.362 e. The van der Waals surface area contributed by atoms with E-state index in [4.69, 9.17) is 0 Å². The highest BCUT2D eigenvalue weighted by Crippen LogP contribution is 2.38. The lowest BCUT2D eigenvalue weighted by atomic mass is 9.83. The molecule has 1 atom stereocenters. The molecule has 0 amide bonds. The van der Waals surface area contributed by atoms with Gasteiger partial charge in [-0.05, 0) is 47.0 Å². The molecule has 162 valence electrons. The topological polar surface area (TPSA) is 97.7 Å². The monoisotopic (exact) mass is 449 g/mol. The average Bonchev–Trinajstić information content (AvgIpc) is 2.80. The Hall–Kier alpha value is -3.72. The molecule has 3 heterocycles. The zero-order chi connectivity index (χ0) is 22.6. The largest absolute Gasteiger partial charge is 0.362 e. The molecule has 0 fully saturated rings. The van der Waals surface area contributed by atoms with Crippen LogP contribution in [0.25, 0.3) is 0 Å². The van der Waals surface area contributed by atoms with Crippen LogP contribution in [0.5, 0.6) is 0 Å². The minimum atomic E-state index is -3.59. The molecule has 0 aliphatic carbocycles. The second kappa shape index (κ2) is 9.19. The van der Waals surface area contributed by atoms with E-state index in [1.165, 1.54) is 18.3 Å². The van der Waals surface area contributed by atoms with Crippen molar-refractivity contribution in [3.8, 4) is 0 Å². The highest BCUT2D eigenvalue weighted by molar-refractivity contribution is 7.90. The molecule has 3 aromatic heterocycles. The number of benzene rings is 1. The Balaban J connectivity index is 1.85. The van der Waals surface area contributed by atoms with Gasteiger partial charge in [-0.25, -0.2) is 22.8 Å². The molecule has 7 nitrogen and oxygen atoms in total. The molecule has 1 aromatic carbocycles. The summed E-state index contributed by atoms with van der Waals surface area (Å²) in [6, 6.07) is 14.9.